The lowest BCUT2D eigenvalue weighted by Gasteiger charge is -2.15. The molecule has 1 aromatic carbocycles. The molecule has 0 spiro atoms. The van der Waals surface area contributed by atoms with E-state index in [-0.39, 0.29) is 12.5 Å². The van der Waals surface area contributed by atoms with Crippen LogP contribution in [-0.2, 0) is 17.9 Å². The molecule has 0 unspecified atom stereocenters. The Morgan fingerprint density at radius 3 is 2.52 bits per heavy atom. The van der Waals surface area contributed by atoms with Crippen molar-refractivity contribution in [3.05, 3.63) is 41.2 Å². The van der Waals surface area contributed by atoms with Gasteiger partial charge in [0.1, 0.15) is 0 Å². The minimum atomic E-state index is 0.00764. The number of aliphatic hydroxyl groups excluding tert-OH is 1. The fraction of sp³-hybridized carbons (Fsp3) is 0.412. The minimum absolute atomic E-state index is 0.00764. The molecule has 0 fully saturated rings. The summed E-state index contributed by atoms with van der Waals surface area (Å²) in [4.78, 5) is 13.0. The van der Waals surface area contributed by atoms with E-state index in [0.29, 0.717) is 13.1 Å². The van der Waals surface area contributed by atoms with Gasteiger partial charge in [-0.1, -0.05) is 0 Å². The van der Waals surface area contributed by atoms with Gasteiger partial charge in [0.05, 0.1) is 18.8 Å². The minimum Gasteiger partial charge on any atom is -0.394 e. The second-order valence-electron chi connectivity index (χ2n) is 5.57. The second kappa shape index (κ2) is 7.28. The van der Waals surface area contributed by atoms with E-state index in [1.54, 1.807) is 18.9 Å². The van der Waals surface area contributed by atoms with Crippen LogP contribution in [0.25, 0.3) is 0 Å². The Kier molecular flexibility index (Phi) is 5.39. The van der Waals surface area contributed by atoms with Crippen LogP contribution in [0.3, 0.4) is 0 Å². The molecule has 0 aliphatic carbocycles. The van der Waals surface area contributed by atoms with Crippen molar-refractivity contribution in [1.29, 1.82) is 0 Å². The maximum atomic E-state index is 11.4. The Morgan fingerprint density at radius 1 is 1.30 bits per heavy atom. The zero-order valence-corrected chi connectivity index (χ0v) is 14.1. The molecule has 0 bridgehead atoms. The van der Waals surface area contributed by atoms with Crippen molar-refractivity contribution in [2.45, 2.75) is 33.9 Å². The van der Waals surface area contributed by atoms with Crippen molar-refractivity contribution in [3.8, 4) is 0 Å². The van der Waals surface area contributed by atoms with E-state index in [4.69, 9.17) is 5.11 Å². The summed E-state index contributed by atoms with van der Waals surface area (Å²) in [5, 5.41) is 16.9. The summed E-state index contributed by atoms with van der Waals surface area (Å²) in [6, 6.07) is 7.74. The lowest BCUT2D eigenvalue weighted by molar-refractivity contribution is -0.116. The third-order valence-corrected chi connectivity index (χ3v) is 4.04. The fourth-order valence-corrected chi connectivity index (χ4v) is 2.48. The summed E-state index contributed by atoms with van der Waals surface area (Å²) in [5.74, 6) is 0.00764. The number of anilines is 2. The van der Waals surface area contributed by atoms with Gasteiger partial charge in [-0.05, 0) is 38.1 Å². The Hall–Kier alpha value is -2.34. The maximum Gasteiger partial charge on any atom is 0.223 e. The summed E-state index contributed by atoms with van der Waals surface area (Å²) in [6.45, 7) is 6.80. The van der Waals surface area contributed by atoms with E-state index >= 15 is 0 Å². The monoisotopic (exact) mass is 316 g/mol. The number of carbonyl (C=O) groups is 1. The molecule has 23 heavy (non-hydrogen) atoms. The topological polar surface area (TPSA) is 70.4 Å². The third kappa shape index (κ3) is 3.90. The molecule has 0 radical (unpaired) electrons. The molecule has 0 saturated heterocycles. The maximum absolute atomic E-state index is 11.4. The number of aromatic nitrogens is 2. The molecule has 0 saturated carbocycles. The average molecular weight is 316 g/mol. The van der Waals surface area contributed by atoms with Crippen LogP contribution >= 0.6 is 0 Å². The van der Waals surface area contributed by atoms with Gasteiger partial charge < -0.3 is 15.3 Å². The summed E-state index contributed by atoms with van der Waals surface area (Å²) in [7, 11) is 1.76. The number of nitrogens with zero attached hydrogens (tertiary/aromatic N) is 3. The SMILES string of the molecule is CC(=O)N(C)c1ccc(NCc2c(C)nn(CCO)c2C)cc1. The number of carbonyl (C=O) groups excluding carboxylic acids is 1. The second-order valence-corrected chi connectivity index (χ2v) is 5.57. The first-order valence-corrected chi connectivity index (χ1v) is 7.66. The lowest BCUT2D eigenvalue weighted by Crippen LogP contribution is -2.22. The fourth-order valence-electron chi connectivity index (χ4n) is 2.48. The van der Waals surface area contributed by atoms with E-state index in [1.165, 1.54) is 0 Å². The Morgan fingerprint density at radius 2 is 1.96 bits per heavy atom. The zero-order valence-electron chi connectivity index (χ0n) is 14.1. The van der Waals surface area contributed by atoms with Crippen LogP contribution in [-0.4, -0.2) is 34.4 Å². The van der Waals surface area contributed by atoms with E-state index in [2.05, 4.69) is 10.4 Å². The molecule has 1 amide bonds. The van der Waals surface area contributed by atoms with E-state index < -0.39 is 0 Å². The number of benzene rings is 1. The molecule has 2 aromatic rings. The van der Waals surface area contributed by atoms with Gasteiger partial charge in [-0.15, -0.1) is 0 Å². The molecule has 0 atom stereocenters. The van der Waals surface area contributed by atoms with Gasteiger partial charge in [-0.2, -0.15) is 5.10 Å². The van der Waals surface area contributed by atoms with E-state index in [0.717, 1.165) is 28.3 Å². The Bertz CT molecular complexity index is 677. The van der Waals surface area contributed by atoms with Gasteiger partial charge in [0.25, 0.3) is 0 Å². The molecular formula is C17H24N4O2. The Labute approximate surface area is 136 Å². The first-order valence-electron chi connectivity index (χ1n) is 7.66. The largest absolute Gasteiger partial charge is 0.394 e. The molecule has 2 N–H and O–H groups in total. The lowest BCUT2D eigenvalue weighted by atomic mass is 10.2. The number of aryl methyl sites for hydroxylation is 1. The summed E-state index contributed by atoms with van der Waals surface area (Å²) in [6.07, 6.45) is 0. The van der Waals surface area contributed by atoms with Crippen molar-refractivity contribution >= 4 is 17.3 Å². The predicted molar refractivity (Wildman–Crippen MR) is 91.6 cm³/mol. The zero-order chi connectivity index (χ0) is 17.0. The quantitative estimate of drug-likeness (QED) is 0.856. The van der Waals surface area contributed by atoms with E-state index in [1.807, 2.05) is 42.8 Å². The van der Waals surface area contributed by atoms with Gasteiger partial charge in [-0.25, -0.2) is 0 Å². The first kappa shape index (κ1) is 17.0. The van der Waals surface area contributed by atoms with Crippen LogP contribution in [0.2, 0.25) is 0 Å². The van der Waals surface area contributed by atoms with Crippen LogP contribution in [0.4, 0.5) is 11.4 Å². The summed E-state index contributed by atoms with van der Waals surface area (Å²) in [5.41, 5.74) is 5.03. The molecule has 0 aliphatic heterocycles. The normalized spacial score (nSPS) is 10.7. The van der Waals surface area contributed by atoms with Crippen LogP contribution in [0.1, 0.15) is 23.9 Å². The number of rotatable bonds is 6. The molecule has 0 aliphatic rings. The van der Waals surface area contributed by atoms with Crippen molar-refractivity contribution in [2.75, 3.05) is 23.9 Å². The molecule has 6 heteroatoms. The van der Waals surface area contributed by atoms with Crippen LogP contribution < -0.4 is 10.2 Å². The predicted octanol–water partition coefficient (Wildman–Crippen LogP) is 2.09. The smallest absolute Gasteiger partial charge is 0.223 e. The van der Waals surface area contributed by atoms with Gasteiger partial charge in [0, 0.05) is 43.1 Å². The standard InChI is InChI=1S/C17H24N4O2/c1-12-17(13(2)21(19-12)9-10-22)11-18-15-5-7-16(8-6-15)20(4)14(3)23/h5-8,18,22H,9-11H2,1-4H3. The van der Waals surface area contributed by atoms with Gasteiger partial charge >= 0.3 is 0 Å². The van der Waals surface area contributed by atoms with Crippen LogP contribution in [0.15, 0.2) is 24.3 Å². The molecule has 6 nitrogen and oxygen atoms in total. The molecule has 2 rings (SSSR count). The van der Waals surface area contributed by atoms with Crippen LogP contribution in [0.5, 0.6) is 0 Å². The number of aliphatic hydroxyl groups is 1. The number of hydrogen-bond acceptors (Lipinski definition) is 4. The van der Waals surface area contributed by atoms with Gasteiger partial charge in [0.15, 0.2) is 0 Å². The van der Waals surface area contributed by atoms with Crippen molar-refractivity contribution in [2.24, 2.45) is 0 Å². The number of nitrogens with one attached hydrogen (secondary N) is 1. The average Bonchev–Trinajstić information content (AvgIpc) is 2.79. The Balaban J connectivity index is 2.05. The highest BCUT2D eigenvalue weighted by molar-refractivity contribution is 5.90. The molecule has 1 aromatic heterocycles. The molecular weight excluding hydrogens is 292 g/mol. The highest BCUT2D eigenvalue weighted by Gasteiger charge is 2.11. The van der Waals surface area contributed by atoms with Crippen molar-refractivity contribution < 1.29 is 9.90 Å². The van der Waals surface area contributed by atoms with E-state index in [9.17, 15) is 4.79 Å². The highest BCUT2D eigenvalue weighted by atomic mass is 16.3. The third-order valence-electron chi connectivity index (χ3n) is 4.04. The number of hydrogen-bond donors (Lipinski definition) is 2. The van der Waals surface area contributed by atoms with Crippen molar-refractivity contribution in [1.82, 2.24) is 9.78 Å². The first-order chi connectivity index (χ1) is 10.9. The van der Waals surface area contributed by atoms with Gasteiger partial charge in [0.2, 0.25) is 5.91 Å². The van der Waals surface area contributed by atoms with Crippen LogP contribution in [0, 0.1) is 13.8 Å². The van der Waals surface area contributed by atoms with Gasteiger partial charge in [-0.3, -0.25) is 9.48 Å². The summed E-state index contributed by atoms with van der Waals surface area (Å²) >= 11 is 0. The highest BCUT2D eigenvalue weighted by Crippen LogP contribution is 2.19. The number of amides is 1. The summed E-state index contributed by atoms with van der Waals surface area (Å²) < 4.78 is 1.83. The molecule has 124 valence electrons. The molecule has 1 heterocycles. The van der Waals surface area contributed by atoms with Crippen molar-refractivity contribution in [3.63, 3.8) is 0 Å².